The van der Waals surface area contributed by atoms with Crippen LogP contribution >= 0.6 is 11.6 Å². The molecule has 62 heavy (non-hydrogen) atoms. The highest BCUT2D eigenvalue weighted by atomic mass is 35.5. The van der Waals surface area contributed by atoms with Gasteiger partial charge in [0.1, 0.15) is 0 Å². The van der Waals surface area contributed by atoms with Crippen LogP contribution in [0.1, 0.15) is 80.9 Å². The van der Waals surface area contributed by atoms with E-state index < -0.39 is 35.5 Å². The van der Waals surface area contributed by atoms with Crippen LogP contribution in [0.15, 0.2) is 36.4 Å². The van der Waals surface area contributed by atoms with Crippen molar-refractivity contribution in [1.29, 1.82) is 0 Å². The first-order valence-corrected chi connectivity index (χ1v) is 22.3. The molecular weight excluding hydrogens is 831 g/mol. The minimum Gasteiger partial charge on any atom is -0.466 e. The molecule has 1 atom stereocenters. The van der Waals surface area contributed by atoms with Crippen molar-refractivity contribution < 1.29 is 46.6 Å². The molecule has 18 heteroatoms. The van der Waals surface area contributed by atoms with E-state index in [2.05, 4.69) is 10.2 Å². The van der Waals surface area contributed by atoms with Gasteiger partial charge in [0.2, 0.25) is 5.91 Å². The molecule has 7 rings (SSSR count). The van der Waals surface area contributed by atoms with Crippen molar-refractivity contribution in [2.75, 3.05) is 76.6 Å². The summed E-state index contributed by atoms with van der Waals surface area (Å²) in [7, 11) is 0. The van der Waals surface area contributed by atoms with Gasteiger partial charge in [-0.05, 0) is 106 Å². The second-order valence-corrected chi connectivity index (χ2v) is 17.6. The fourth-order valence-corrected chi connectivity index (χ4v) is 9.88. The molecule has 338 valence electrons. The SMILES string of the molecule is Nc1c(Cl)cc(C[C@@H](OC(=O)N2CCC(N3Cc4ccccc4NC3=O)CC2)C(=O)N2CCC(C3CCN(CCC(=O)OCCCN4CCCC4=O)CC3)CC2)cc1C(F)(F)F. The van der Waals surface area contributed by atoms with Gasteiger partial charge in [0.05, 0.1) is 29.3 Å². The number of benzene rings is 2. The van der Waals surface area contributed by atoms with Gasteiger partial charge in [-0.15, -0.1) is 0 Å². The minimum atomic E-state index is -4.79. The van der Waals surface area contributed by atoms with Gasteiger partial charge in [-0.3, -0.25) is 14.4 Å². The maximum Gasteiger partial charge on any atom is 0.418 e. The highest BCUT2D eigenvalue weighted by Crippen LogP contribution is 2.39. The number of anilines is 2. The molecular formula is C44H57ClF3N7O7. The Morgan fingerprint density at radius 2 is 1.56 bits per heavy atom. The first kappa shape index (κ1) is 45.3. The van der Waals surface area contributed by atoms with Gasteiger partial charge in [-0.2, -0.15) is 13.2 Å². The molecule has 0 unspecified atom stereocenters. The van der Waals surface area contributed by atoms with E-state index in [0.717, 1.165) is 69.1 Å². The summed E-state index contributed by atoms with van der Waals surface area (Å²) in [5.74, 6) is 0.266. The van der Waals surface area contributed by atoms with Gasteiger partial charge in [0, 0.05) is 76.9 Å². The number of carbonyl (C=O) groups excluding carboxylic acids is 5. The quantitative estimate of drug-likeness (QED) is 0.132. The maximum atomic E-state index is 14.2. The summed E-state index contributed by atoms with van der Waals surface area (Å²) < 4.78 is 53.1. The van der Waals surface area contributed by atoms with Crippen molar-refractivity contribution in [2.45, 2.75) is 95.5 Å². The second-order valence-electron chi connectivity index (χ2n) is 17.2. The summed E-state index contributed by atoms with van der Waals surface area (Å²) in [6.45, 7) is 5.82. The number of rotatable bonds is 13. The number of urea groups is 1. The van der Waals surface area contributed by atoms with Crippen LogP contribution in [0.25, 0.3) is 0 Å². The molecule has 0 radical (unpaired) electrons. The van der Waals surface area contributed by atoms with Gasteiger partial charge in [-0.1, -0.05) is 29.8 Å². The number of halogens is 4. The molecule has 0 spiro atoms. The van der Waals surface area contributed by atoms with Crippen LogP contribution in [0.2, 0.25) is 5.02 Å². The average molecular weight is 888 g/mol. The summed E-state index contributed by atoms with van der Waals surface area (Å²) in [5.41, 5.74) is 5.77. The van der Waals surface area contributed by atoms with Crippen LogP contribution in [-0.2, 0) is 43.0 Å². The Kier molecular flexibility index (Phi) is 14.7. The second kappa shape index (κ2) is 20.2. The summed E-state index contributed by atoms with van der Waals surface area (Å²) in [4.78, 5) is 73.9. The monoisotopic (exact) mass is 887 g/mol. The number of fused-ring (bicyclic) bond motifs is 1. The van der Waals surface area contributed by atoms with E-state index in [9.17, 15) is 37.1 Å². The van der Waals surface area contributed by atoms with Crippen LogP contribution in [0.3, 0.4) is 0 Å². The number of piperidine rings is 3. The Balaban J connectivity index is 0.902. The van der Waals surface area contributed by atoms with E-state index in [1.807, 2.05) is 29.2 Å². The topological polar surface area (TPSA) is 158 Å². The molecule has 5 aliphatic rings. The number of carbonyl (C=O) groups is 5. The number of ether oxygens (including phenoxy) is 2. The lowest BCUT2D eigenvalue weighted by atomic mass is 9.78. The van der Waals surface area contributed by atoms with E-state index in [-0.39, 0.29) is 54.0 Å². The van der Waals surface area contributed by atoms with E-state index in [1.165, 1.54) is 11.0 Å². The number of hydrogen-bond acceptors (Lipinski definition) is 9. The normalized spacial score (nSPS) is 20.3. The van der Waals surface area contributed by atoms with Crippen LogP contribution in [0.4, 0.5) is 34.1 Å². The maximum absolute atomic E-state index is 14.2. The van der Waals surface area contributed by atoms with Gasteiger partial charge < -0.3 is 45.0 Å². The van der Waals surface area contributed by atoms with Crippen LogP contribution in [-0.4, -0.2) is 132 Å². The van der Waals surface area contributed by atoms with Gasteiger partial charge >= 0.3 is 24.3 Å². The molecule has 2 aromatic rings. The van der Waals surface area contributed by atoms with E-state index in [4.69, 9.17) is 26.8 Å². The number of alkyl halides is 3. The van der Waals surface area contributed by atoms with Crippen molar-refractivity contribution in [1.82, 2.24) is 24.5 Å². The molecule has 5 heterocycles. The van der Waals surface area contributed by atoms with E-state index in [0.29, 0.717) is 83.3 Å². The third-order valence-corrected chi connectivity index (χ3v) is 13.6. The first-order valence-electron chi connectivity index (χ1n) is 21.9. The third-order valence-electron chi connectivity index (χ3n) is 13.2. The smallest absolute Gasteiger partial charge is 0.418 e. The lowest BCUT2D eigenvalue weighted by Gasteiger charge is -2.41. The number of nitrogens with zero attached hydrogens (tertiary/aromatic N) is 5. The van der Waals surface area contributed by atoms with Gasteiger partial charge in [0.15, 0.2) is 6.10 Å². The molecule has 14 nitrogen and oxygen atoms in total. The highest BCUT2D eigenvalue weighted by Gasteiger charge is 2.39. The first-order chi connectivity index (χ1) is 29.7. The van der Waals surface area contributed by atoms with Gasteiger partial charge in [-0.25, -0.2) is 9.59 Å². The molecule has 3 N–H and O–H groups in total. The third kappa shape index (κ3) is 11.2. The predicted octanol–water partition coefficient (Wildman–Crippen LogP) is 6.40. The van der Waals surface area contributed by atoms with Crippen LogP contribution in [0.5, 0.6) is 0 Å². The zero-order valence-corrected chi connectivity index (χ0v) is 35.8. The fourth-order valence-electron chi connectivity index (χ4n) is 9.64. The van der Waals surface area contributed by atoms with Crippen molar-refractivity contribution >= 4 is 52.9 Å². The predicted molar refractivity (Wildman–Crippen MR) is 225 cm³/mol. The number of likely N-dealkylation sites (tertiary alicyclic amines) is 4. The summed E-state index contributed by atoms with van der Waals surface area (Å²) >= 11 is 6.15. The molecule has 0 bridgehead atoms. The minimum absolute atomic E-state index is 0.0582. The number of hydrogen-bond donors (Lipinski definition) is 2. The molecule has 0 aromatic heterocycles. The number of nitrogen functional groups attached to an aromatic ring is 1. The summed E-state index contributed by atoms with van der Waals surface area (Å²) in [6.07, 6.45) is -0.499. The Bertz CT molecular complexity index is 1950. The standard InChI is InChI=1S/C44H57ClF3N7O7/c45-35-26-29(25-34(40(35)49)44(46,47)48)27-37(62-43(60)54-22-12-33(13-23-54)55-28-32-5-1-2-6-36(32)50-42(55)59)41(58)53-20-10-31(11-21-53)30-8-17-51(18-9-30)19-14-39(57)61-24-4-16-52-15-3-7-38(52)56/h1-2,5-6,25-26,30-31,33,37H,3-4,7-24,27-28,49H2,(H,50,59)/t37-/m1/s1. The van der Waals surface area contributed by atoms with Crippen LogP contribution < -0.4 is 11.1 Å². The Morgan fingerprint density at radius 3 is 2.24 bits per heavy atom. The zero-order valence-electron chi connectivity index (χ0n) is 35.0. The largest absolute Gasteiger partial charge is 0.466 e. The lowest BCUT2D eigenvalue weighted by molar-refractivity contribution is -0.144. The number of esters is 1. The van der Waals surface area contributed by atoms with E-state index in [1.54, 1.807) is 9.80 Å². The lowest BCUT2D eigenvalue weighted by Crippen LogP contribution is -2.52. The molecule has 2 aromatic carbocycles. The summed E-state index contributed by atoms with van der Waals surface area (Å²) in [6, 6.07) is 9.37. The molecule has 0 saturated carbocycles. The molecule has 5 aliphatic heterocycles. The number of amides is 5. The Morgan fingerprint density at radius 1 is 0.887 bits per heavy atom. The number of para-hydroxylation sites is 1. The number of nitrogens with one attached hydrogen (secondary N) is 1. The van der Waals surface area contributed by atoms with E-state index >= 15 is 0 Å². The van der Waals surface area contributed by atoms with Crippen LogP contribution in [0, 0.1) is 11.8 Å². The van der Waals surface area contributed by atoms with Crippen molar-refractivity contribution in [3.05, 3.63) is 58.1 Å². The molecule has 5 amide bonds. The van der Waals surface area contributed by atoms with Crippen molar-refractivity contribution in [3.8, 4) is 0 Å². The zero-order chi connectivity index (χ0) is 44.0. The fraction of sp³-hybridized carbons (Fsp3) is 0.614. The van der Waals surface area contributed by atoms with Crippen molar-refractivity contribution in [2.24, 2.45) is 11.8 Å². The molecule has 4 fully saturated rings. The molecule has 4 saturated heterocycles. The summed E-state index contributed by atoms with van der Waals surface area (Å²) in [5, 5.41) is 2.62. The number of nitrogens with two attached hydrogens (primary N) is 1. The molecule has 0 aliphatic carbocycles. The van der Waals surface area contributed by atoms with Crippen molar-refractivity contribution in [3.63, 3.8) is 0 Å². The average Bonchev–Trinajstić information content (AvgIpc) is 3.68. The highest BCUT2D eigenvalue weighted by molar-refractivity contribution is 6.33. The Hall–Kier alpha value is -4.77. The Labute approximate surface area is 365 Å². The van der Waals surface area contributed by atoms with Gasteiger partial charge in [0.25, 0.3) is 5.91 Å².